The van der Waals surface area contributed by atoms with E-state index in [1.807, 2.05) is 52.0 Å². The summed E-state index contributed by atoms with van der Waals surface area (Å²) in [6.07, 6.45) is 0. The lowest BCUT2D eigenvalue weighted by Gasteiger charge is -2.13. The first-order chi connectivity index (χ1) is 17.7. The summed E-state index contributed by atoms with van der Waals surface area (Å²) >= 11 is 0. The molecule has 0 saturated carbocycles. The number of imidazole rings is 2. The maximum Gasteiger partial charge on any atom is 0.279 e. The van der Waals surface area contributed by atoms with Crippen LogP contribution in [0.5, 0.6) is 0 Å². The monoisotopic (exact) mass is 516 g/mol. The zero-order chi connectivity index (χ0) is 27.7. The number of aromatic amines is 2. The van der Waals surface area contributed by atoms with E-state index in [0.717, 1.165) is 22.7 Å². The number of nitrogens with one attached hydrogen (secondary N) is 3. The Hall–Kier alpha value is -3.76. The fourth-order valence-electron chi connectivity index (χ4n) is 3.41. The number of nitrogens with zero attached hydrogens (tertiary/aromatic N) is 3. The zero-order valence-electron chi connectivity index (χ0n) is 23.1. The molecule has 10 nitrogen and oxygen atoms in total. The molecule has 37 heavy (non-hydrogen) atoms. The highest BCUT2D eigenvalue weighted by atomic mass is 16.7. The summed E-state index contributed by atoms with van der Waals surface area (Å²) in [5, 5.41) is 1.19. The van der Waals surface area contributed by atoms with Crippen LogP contribution >= 0.6 is 0 Å². The Morgan fingerprint density at radius 2 is 1.32 bits per heavy atom. The molecule has 4 rings (SSSR count). The van der Waals surface area contributed by atoms with Gasteiger partial charge in [0.25, 0.3) is 11.8 Å². The number of hydrogen-bond donors (Lipinski definition) is 3. The second kappa shape index (κ2) is 13.5. The number of aromatic nitrogens is 4. The SMILES string of the molecule is CC.CON(C)C(=O)c1cccc2[nH]c(C(C)C)nc12.CONC(=O)c1cccc2[nH]c(C(C)C)nc12.[HH].[HH].[HH]. The van der Waals surface area contributed by atoms with E-state index in [4.69, 9.17) is 4.84 Å². The van der Waals surface area contributed by atoms with Gasteiger partial charge in [-0.05, 0) is 24.3 Å². The Balaban J connectivity index is 0. The summed E-state index contributed by atoms with van der Waals surface area (Å²) < 4.78 is 0. The van der Waals surface area contributed by atoms with Crippen molar-refractivity contribution < 1.29 is 23.5 Å². The summed E-state index contributed by atoms with van der Waals surface area (Å²) in [5.41, 5.74) is 6.44. The van der Waals surface area contributed by atoms with E-state index >= 15 is 0 Å². The van der Waals surface area contributed by atoms with Crippen LogP contribution in [0.4, 0.5) is 0 Å². The van der Waals surface area contributed by atoms with Gasteiger partial charge in [0.15, 0.2) is 0 Å². The van der Waals surface area contributed by atoms with Gasteiger partial charge in [0, 0.05) is 23.2 Å². The Kier molecular flexibility index (Phi) is 10.8. The fourth-order valence-corrected chi connectivity index (χ4v) is 3.41. The van der Waals surface area contributed by atoms with Crippen LogP contribution in [0.15, 0.2) is 36.4 Å². The van der Waals surface area contributed by atoms with E-state index < -0.39 is 0 Å². The number of amides is 2. The van der Waals surface area contributed by atoms with Crippen molar-refractivity contribution in [3.05, 3.63) is 59.2 Å². The third kappa shape index (κ3) is 6.93. The lowest BCUT2D eigenvalue weighted by Crippen LogP contribution is -2.25. The van der Waals surface area contributed by atoms with Crippen LogP contribution in [-0.4, -0.2) is 58.1 Å². The van der Waals surface area contributed by atoms with Gasteiger partial charge in [0.05, 0.1) is 36.4 Å². The Morgan fingerprint density at radius 3 is 1.76 bits per heavy atom. The minimum atomic E-state index is -0.292. The summed E-state index contributed by atoms with van der Waals surface area (Å²) in [6.45, 7) is 12.2. The van der Waals surface area contributed by atoms with E-state index in [-0.39, 0.29) is 16.1 Å². The highest BCUT2D eigenvalue weighted by molar-refractivity contribution is 6.05. The van der Waals surface area contributed by atoms with E-state index in [1.165, 1.54) is 19.3 Å². The number of carbonyl (C=O) groups excluding carboxylic acids is 2. The van der Waals surface area contributed by atoms with E-state index in [1.54, 1.807) is 19.2 Å². The molecule has 0 aliphatic carbocycles. The minimum absolute atomic E-state index is 0. The molecule has 0 aliphatic heterocycles. The van der Waals surface area contributed by atoms with E-state index in [9.17, 15) is 9.59 Å². The standard InChI is InChI=1S/C13H17N3O2.C12H15N3O2.C2H6.3H2/c1-8(2)12-14-10-7-5-6-9(11(10)15-12)13(17)16(3)18-4;1-7(2)11-13-9-6-4-5-8(10(9)14-11)12(16)15-17-3;1-2;;;/h5-8H,1-4H3,(H,14,15);4-7H,1-3H3,(H,13,14)(H,15,16);1-2H3;3*1H. The average Bonchev–Trinajstić information content (AvgIpc) is 3.54. The number of H-pyrrole nitrogens is 2. The number of hydroxylamine groups is 3. The number of rotatable bonds is 6. The molecule has 10 heteroatoms. The number of carbonyl (C=O) groups is 2. The molecule has 0 unspecified atom stereocenters. The largest absolute Gasteiger partial charge is 0.342 e. The van der Waals surface area contributed by atoms with Crippen LogP contribution < -0.4 is 5.48 Å². The lowest BCUT2D eigenvalue weighted by molar-refractivity contribution is -0.0755. The van der Waals surface area contributed by atoms with Crippen LogP contribution in [0.1, 0.15) is 90.0 Å². The molecule has 0 bridgehead atoms. The van der Waals surface area contributed by atoms with Crippen LogP contribution in [0.25, 0.3) is 22.1 Å². The number of para-hydroxylation sites is 2. The molecule has 0 spiro atoms. The number of benzene rings is 2. The quantitative estimate of drug-likeness (QED) is 0.267. The predicted octanol–water partition coefficient (Wildman–Crippen LogP) is 6.06. The highest BCUT2D eigenvalue weighted by Gasteiger charge is 2.18. The molecule has 2 aromatic carbocycles. The topological polar surface area (TPSA) is 125 Å². The van der Waals surface area contributed by atoms with Gasteiger partial charge in [0.2, 0.25) is 0 Å². The van der Waals surface area contributed by atoms with Gasteiger partial charge in [0.1, 0.15) is 22.7 Å². The molecule has 0 saturated heterocycles. The van der Waals surface area contributed by atoms with Crippen LogP contribution in [0.2, 0.25) is 0 Å². The number of fused-ring (bicyclic) bond motifs is 2. The van der Waals surface area contributed by atoms with Crippen molar-refractivity contribution in [2.24, 2.45) is 0 Å². The first-order valence-corrected chi connectivity index (χ1v) is 12.3. The lowest BCUT2D eigenvalue weighted by atomic mass is 10.1. The molecule has 0 atom stereocenters. The molecule has 2 aromatic heterocycles. The summed E-state index contributed by atoms with van der Waals surface area (Å²) in [5.74, 6) is 1.84. The van der Waals surface area contributed by atoms with Gasteiger partial charge in [-0.25, -0.2) is 20.5 Å². The van der Waals surface area contributed by atoms with Crippen LogP contribution in [0, 0.1) is 0 Å². The molecule has 0 radical (unpaired) electrons. The summed E-state index contributed by atoms with van der Waals surface area (Å²) in [4.78, 5) is 48.8. The summed E-state index contributed by atoms with van der Waals surface area (Å²) in [7, 11) is 4.45. The second-order valence-electron chi connectivity index (χ2n) is 8.58. The Morgan fingerprint density at radius 1 is 0.865 bits per heavy atom. The fraction of sp³-hybridized carbons (Fsp3) is 0.407. The molecule has 0 aliphatic rings. The van der Waals surface area contributed by atoms with Crippen molar-refractivity contribution in [2.75, 3.05) is 21.3 Å². The third-order valence-electron chi connectivity index (χ3n) is 5.39. The summed E-state index contributed by atoms with van der Waals surface area (Å²) in [6, 6.07) is 10.9. The normalized spacial score (nSPS) is 10.7. The van der Waals surface area contributed by atoms with Crippen molar-refractivity contribution in [1.29, 1.82) is 0 Å². The van der Waals surface area contributed by atoms with Gasteiger partial charge in [-0.1, -0.05) is 53.7 Å². The first-order valence-electron chi connectivity index (χ1n) is 12.3. The second-order valence-corrected chi connectivity index (χ2v) is 8.58. The van der Waals surface area contributed by atoms with Crippen molar-refractivity contribution >= 4 is 33.9 Å². The Bertz CT molecular complexity index is 1340. The molecular formula is C27H44N6O4. The highest BCUT2D eigenvalue weighted by Crippen LogP contribution is 2.22. The van der Waals surface area contributed by atoms with Crippen molar-refractivity contribution in [1.82, 2.24) is 30.5 Å². The molecule has 206 valence electrons. The van der Waals surface area contributed by atoms with Crippen molar-refractivity contribution in [3.8, 4) is 0 Å². The third-order valence-corrected chi connectivity index (χ3v) is 5.39. The van der Waals surface area contributed by atoms with Crippen molar-refractivity contribution in [3.63, 3.8) is 0 Å². The van der Waals surface area contributed by atoms with Gasteiger partial charge in [-0.3, -0.25) is 19.3 Å². The first kappa shape index (κ1) is 29.5. The molecule has 0 fully saturated rings. The number of hydrogen-bond acceptors (Lipinski definition) is 6. The maximum atomic E-state index is 12.1. The van der Waals surface area contributed by atoms with Crippen LogP contribution in [0.3, 0.4) is 0 Å². The smallest absolute Gasteiger partial charge is 0.279 e. The molecule has 4 aromatic rings. The predicted molar refractivity (Wildman–Crippen MR) is 152 cm³/mol. The van der Waals surface area contributed by atoms with Gasteiger partial charge in [-0.15, -0.1) is 0 Å². The van der Waals surface area contributed by atoms with Crippen LogP contribution in [-0.2, 0) is 9.68 Å². The van der Waals surface area contributed by atoms with Gasteiger partial charge in [-0.2, -0.15) is 0 Å². The minimum Gasteiger partial charge on any atom is -0.342 e. The zero-order valence-corrected chi connectivity index (χ0v) is 23.1. The van der Waals surface area contributed by atoms with E-state index in [2.05, 4.69) is 44.1 Å². The molecule has 3 N–H and O–H groups in total. The molecular weight excluding hydrogens is 472 g/mol. The van der Waals surface area contributed by atoms with E-state index in [0.29, 0.717) is 34.0 Å². The van der Waals surface area contributed by atoms with Crippen molar-refractivity contribution in [2.45, 2.75) is 53.4 Å². The molecule has 2 heterocycles. The van der Waals surface area contributed by atoms with Gasteiger partial charge >= 0.3 is 0 Å². The Labute approximate surface area is 222 Å². The maximum absolute atomic E-state index is 12.1. The molecule has 2 amide bonds. The average molecular weight is 517 g/mol. The van der Waals surface area contributed by atoms with Gasteiger partial charge < -0.3 is 9.97 Å².